The molecular formula is C22H25N3O3. The van der Waals surface area contributed by atoms with E-state index in [2.05, 4.69) is 5.32 Å². The van der Waals surface area contributed by atoms with Gasteiger partial charge in [-0.15, -0.1) is 0 Å². The van der Waals surface area contributed by atoms with Crippen LogP contribution in [-0.4, -0.2) is 21.6 Å². The molecule has 0 aliphatic carbocycles. The molecule has 0 atom stereocenters. The van der Waals surface area contributed by atoms with Crippen LogP contribution in [0.1, 0.15) is 25.0 Å². The first-order chi connectivity index (χ1) is 13.3. The van der Waals surface area contributed by atoms with Crippen LogP contribution >= 0.6 is 0 Å². The van der Waals surface area contributed by atoms with Crippen molar-refractivity contribution in [2.24, 2.45) is 5.92 Å². The molecule has 1 amide bonds. The van der Waals surface area contributed by atoms with Gasteiger partial charge in [0.2, 0.25) is 5.91 Å². The Morgan fingerprint density at radius 1 is 1.04 bits per heavy atom. The number of carbonyl (C=O) groups is 1. The average Bonchev–Trinajstić information content (AvgIpc) is 2.67. The number of fused-ring (bicyclic) bond motifs is 1. The van der Waals surface area contributed by atoms with Gasteiger partial charge in [-0.2, -0.15) is 0 Å². The minimum atomic E-state index is -0.517. The summed E-state index contributed by atoms with van der Waals surface area (Å²) in [7, 11) is 0. The predicted octanol–water partition coefficient (Wildman–Crippen LogP) is 2.54. The summed E-state index contributed by atoms with van der Waals surface area (Å²) in [6, 6.07) is 12.4. The molecule has 3 aromatic rings. The van der Waals surface area contributed by atoms with Crippen LogP contribution in [-0.2, 0) is 11.3 Å². The maximum absolute atomic E-state index is 13.3. The van der Waals surface area contributed by atoms with Crippen LogP contribution in [0.2, 0.25) is 0 Å². The molecular weight excluding hydrogens is 354 g/mol. The van der Waals surface area contributed by atoms with E-state index in [0.717, 1.165) is 11.1 Å². The third kappa shape index (κ3) is 3.63. The first kappa shape index (κ1) is 19.6. The highest BCUT2D eigenvalue weighted by molar-refractivity contribution is 5.82. The molecule has 1 aromatic heterocycles. The lowest BCUT2D eigenvalue weighted by atomic mass is 10.1. The van der Waals surface area contributed by atoms with Gasteiger partial charge in [0.25, 0.3) is 5.56 Å². The van der Waals surface area contributed by atoms with Crippen LogP contribution < -0.4 is 16.6 Å². The number of nitrogens with one attached hydrogen (secondary N) is 1. The second-order valence-electron chi connectivity index (χ2n) is 7.44. The largest absolute Gasteiger partial charge is 0.354 e. The molecule has 0 unspecified atom stereocenters. The summed E-state index contributed by atoms with van der Waals surface area (Å²) in [5, 5.41) is 3.23. The number of carbonyl (C=O) groups excluding carboxylic acids is 1. The van der Waals surface area contributed by atoms with Gasteiger partial charge in [-0.05, 0) is 49.1 Å². The lowest BCUT2D eigenvalue weighted by molar-refractivity contribution is -0.121. The van der Waals surface area contributed by atoms with Crippen LogP contribution in [0.25, 0.3) is 16.6 Å². The normalized spacial score (nSPS) is 11.2. The maximum atomic E-state index is 13.3. The van der Waals surface area contributed by atoms with E-state index < -0.39 is 5.69 Å². The van der Waals surface area contributed by atoms with Gasteiger partial charge in [-0.3, -0.25) is 14.2 Å². The van der Waals surface area contributed by atoms with E-state index in [1.807, 2.05) is 39.8 Å². The van der Waals surface area contributed by atoms with Gasteiger partial charge in [0.05, 0.1) is 16.6 Å². The van der Waals surface area contributed by atoms with Crippen molar-refractivity contribution in [2.45, 2.75) is 34.2 Å². The Hall–Kier alpha value is -3.15. The quantitative estimate of drug-likeness (QED) is 0.740. The minimum Gasteiger partial charge on any atom is -0.354 e. The van der Waals surface area contributed by atoms with Crippen molar-refractivity contribution in [3.8, 4) is 5.69 Å². The van der Waals surface area contributed by atoms with E-state index in [1.165, 1.54) is 9.13 Å². The molecule has 0 bridgehead atoms. The molecule has 6 heteroatoms. The van der Waals surface area contributed by atoms with Crippen molar-refractivity contribution in [1.29, 1.82) is 0 Å². The summed E-state index contributed by atoms with van der Waals surface area (Å²) in [5.74, 6) is 0.0495. The second kappa shape index (κ2) is 7.84. The van der Waals surface area contributed by atoms with Crippen molar-refractivity contribution in [3.63, 3.8) is 0 Å². The van der Waals surface area contributed by atoms with Crippen molar-refractivity contribution in [3.05, 3.63) is 74.4 Å². The number of amides is 1. The molecule has 146 valence electrons. The number of benzene rings is 2. The summed E-state index contributed by atoms with van der Waals surface area (Å²) in [4.78, 5) is 38.8. The number of aryl methyl sites for hydroxylation is 1. The van der Waals surface area contributed by atoms with Crippen LogP contribution in [0.3, 0.4) is 0 Å². The molecule has 3 rings (SSSR count). The number of hydrogen-bond acceptors (Lipinski definition) is 3. The summed E-state index contributed by atoms with van der Waals surface area (Å²) < 4.78 is 2.54. The number of rotatable bonds is 5. The Morgan fingerprint density at radius 2 is 1.75 bits per heavy atom. The third-order valence-corrected chi connectivity index (χ3v) is 4.88. The number of para-hydroxylation sites is 1. The van der Waals surface area contributed by atoms with E-state index in [0.29, 0.717) is 29.1 Å². The van der Waals surface area contributed by atoms with E-state index >= 15 is 0 Å². The number of hydrogen-bond donors (Lipinski definition) is 1. The molecule has 2 aromatic carbocycles. The molecule has 6 nitrogen and oxygen atoms in total. The monoisotopic (exact) mass is 379 g/mol. The van der Waals surface area contributed by atoms with E-state index in [-0.39, 0.29) is 18.0 Å². The van der Waals surface area contributed by atoms with Gasteiger partial charge in [-0.25, -0.2) is 9.36 Å². The summed E-state index contributed by atoms with van der Waals surface area (Å²) in [6.07, 6.45) is 0. The zero-order chi connectivity index (χ0) is 20.4. The second-order valence-corrected chi connectivity index (χ2v) is 7.44. The van der Waals surface area contributed by atoms with Gasteiger partial charge in [0.15, 0.2) is 0 Å². The highest BCUT2D eigenvalue weighted by Crippen LogP contribution is 2.16. The fraction of sp³-hybridized carbons (Fsp3) is 0.318. The van der Waals surface area contributed by atoms with Crippen LogP contribution in [0.5, 0.6) is 0 Å². The Kier molecular flexibility index (Phi) is 5.49. The zero-order valence-electron chi connectivity index (χ0n) is 16.7. The topological polar surface area (TPSA) is 73.1 Å². The van der Waals surface area contributed by atoms with Crippen molar-refractivity contribution >= 4 is 16.8 Å². The van der Waals surface area contributed by atoms with Crippen molar-refractivity contribution in [2.75, 3.05) is 6.54 Å². The predicted molar refractivity (Wildman–Crippen MR) is 111 cm³/mol. The van der Waals surface area contributed by atoms with Crippen molar-refractivity contribution < 1.29 is 4.79 Å². The third-order valence-electron chi connectivity index (χ3n) is 4.88. The summed E-state index contributed by atoms with van der Waals surface area (Å²) in [5.41, 5.74) is 1.94. The van der Waals surface area contributed by atoms with Crippen LogP contribution in [0, 0.1) is 19.8 Å². The van der Waals surface area contributed by atoms with Gasteiger partial charge < -0.3 is 5.32 Å². The number of aromatic nitrogens is 2. The Balaban J connectivity index is 2.24. The number of nitrogens with zero attached hydrogens (tertiary/aromatic N) is 2. The molecule has 0 saturated heterocycles. The summed E-state index contributed by atoms with van der Waals surface area (Å²) in [6.45, 7) is 8.21. The molecule has 0 aliphatic rings. The highest BCUT2D eigenvalue weighted by atomic mass is 16.2. The van der Waals surface area contributed by atoms with E-state index in [9.17, 15) is 14.4 Å². The lowest BCUT2D eigenvalue weighted by Gasteiger charge is -2.16. The van der Waals surface area contributed by atoms with Crippen LogP contribution in [0.4, 0.5) is 0 Å². The van der Waals surface area contributed by atoms with Gasteiger partial charge in [0, 0.05) is 6.54 Å². The zero-order valence-corrected chi connectivity index (χ0v) is 16.7. The van der Waals surface area contributed by atoms with Gasteiger partial charge >= 0.3 is 5.69 Å². The van der Waals surface area contributed by atoms with Gasteiger partial charge in [0.1, 0.15) is 6.54 Å². The lowest BCUT2D eigenvalue weighted by Crippen LogP contribution is -2.42. The molecule has 0 aliphatic heterocycles. The maximum Gasteiger partial charge on any atom is 0.336 e. The Morgan fingerprint density at radius 3 is 2.46 bits per heavy atom. The van der Waals surface area contributed by atoms with E-state index in [1.54, 1.807) is 30.3 Å². The minimum absolute atomic E-state index is 0.142. The SMILES string of the molecule is Cc1cccc(-n2c(=O)c3ccccc3n(CC(=O)NCC(C)C)c2=O)c1C. The molecule has 1 heterocycles. The first-order valence-electron chi connectivity index (χ1n) is 9.39. The average molecular weight is 379 g/mol. The summed E-state index contributed by atoms with van der Waals surface area (Å²) >= 11 is 0. The fourth-order valence-corrected chi connectivity index (χ4v) is 3.18. The van der Waals surface area contributed by atoms with Crippen LogP contribution in [0.15, 0.2) is 52.1 Å². The molecule has 0 fully saturated rings. The van der Waals surface area contributed by atoms with E-state index in [4.69, 9.17) is 0 Å². The molecule has 0 radical (unpaired) electrons. The molecule has 28 heavy (non-hydrogen) atoms. The Labute approximate surface area is 163 Å². The smallest absolute Gasteiger partial charge is 0.336 e. The van der Waals surface area contributed by atoms with Crippen molar-refractivity contribution in [1.82, 2.24) is 14.5 Å². The molecule has 0 spiro atoms. The molecule has 0 saturated carbocycles. The highest BCUT2D eigenvalue weighted by Gasteiger charge is 2.17. The first-order valence-corrected chi connectivity index (χ1v) is 9.39. The standard InChI is InChI=1S/C22H25N3O3/c1-14(2)12-23-20(26)13-24-19-10-6-5-9-17(19)21(27)25(22(24)28)18-11-7-8-15(3)16(18)4/h5-11,14H,12-13H2,1-4H3,(H,23,26). The van der Waals surface area contributed by atoms with Gasteiger partial charge in [-0.1, -0.05) is 38.1 Å². The fourth-order valence-electron chi connectivity index (χ4n) is 3.18. The molecule has 1 N–H and O–H groups in total. The Bertz CT molecular complexity index is 1160.